The zero-order chi connectivity index (χ0) is 18.7. The first-order valence-electron chi connectivity index (χ1n) is 8.99. The summed E-state index contributed by atoms with van der Waals surface area (Å²) in [6.07, 6.45) is 2.07. The zero-order valence-electron chi connectivity index (χ0n) is 15.7. The van der Waals surface area contributed by atoms with E-state index in [-0.39, 0.29) is 17.7 Å². The van der Waals surface area contributed by atoms with Gasteiger partial charge in [-0.15, -0.1) is 0 Å². The van der Waals surface area contributed by atoms with E-state index in [1.165, 1.54) is 0 Å². The summed E-state index contributed by atoms with van der Waals surface area (Å²) in [7, 11) is 3.96. The van der Waals surface area contributed by atoms with Crippen LogP contribution in [-0.2, 0) is 16.1 Å². The Bertz CT molecular complexity index is 819. The van der Waals surface area contributed by atoms with Gasteiger partial charge in [0, 0.05) is 44.2 Å². The molecule has 1 fully saturated rings. The van der Waals surface area contributed by atoms with E-state index in [0.717, 1.165) is 28.6 Å². The minimum absolute atomic E-state index is 0.0500. The normalized spacial score (nSPS) is 17.3. The topological polar surface area (TPSA) is 65.5 Å². The molecule has 1 aliphatic heterocycles. The molecule has 6 nitrogen and oxygen atoms in total. The van der Waals surface area contributed by atoms with Crippen molar-refractivity contribution >= 4 is 22.7 Å². The lowest BCUT2D eigenvalue weighted by Crippen LogP contribution is -2.35. The van der Waals surface area contributed by atoms with E-state index in [2.05, 4.69) is 10.3 Å². The molecule has 0 saturated carbocycles. The monoisotopic (exact) mass is 354 g/mol. The fourth-order valence-corrected chi connectivity index (χ4v) is 3.36. The lowest BCUT2D eigenvalue weighted by molar-refractivity contribution is -0.129. The van der Waals surface area contributed by atoms with Gasteiger partial charge >= 0.3 is 0 Å². The lowest BCUT2D eigenvalue weighted by atomic mass is 10.0. The van der Waals surface area contributed by atoms with Crippen LogP contribution in [-0.4, -0.2) is 60.3 Å². The average Bonchev–Trinajstić information content (AvgIpc) is 3.00. The molecular weight excluding hydrogens is 328 g/mol. The number of aryl methyl sites for hydroxylation is 1. The summed E-state index contributed by atoms with van der Waals surface area (Å²) in [5.41, 5.74) is 3.13. The minimum atomic E-state index is -0.266. The van der Waals surface area contributed by atoms with Crippen molar-refractivity contribution in [1.29, 1.82) is 0 Å². The number of aromatic nitrogens is 1. The van der Waals surface area contributed by atoms with Crippen molar-refractivity contribution in [2.45, 2.75) is 19.9 Å². The number of hydrogen-bond acceptors (Lipinski definition) is 4. The maximum atomic E-state index is 12.6. The van der Waals surface area contributed by atoms with E-state index in [1.807, 2.05) is 50.2 Å². The molecular formula is C20H26N4O2. The van der Waals surface area contributed by atoms with Crippen molar-refractivity contribution in [3.05, 3.63) is 41.6 Å². The Labute approximate surface area is 154 Å². The molecule has 138 valence electrons. The maximum Gasteiger partial charge on any atom is 0.225 e. The quantitative estimate of drug-likeness (QED) is 0.855. The number of nitrogens with one attached hydrogen (secondary N) is 1. The summed E-state index contributed by atoms with van der Waals surface area (Å²) < 4.78 is 0. The van der Waals surface area contributed by atoms with Crippen LogP contribution in [0.15, 0.2) is 30.5 Å². The van der Waals surface area contributed by atoms with Crippen LogP contribution in [0.25, 0.3) is 10.9 Å². The molecule has 0 unspecified atom stereocenters. The number of amides is 2. The van der Waals surface area contributed by atoms with Crippen molar-refractivity contribution in [2.24, 2.45) is 5.92 Å². The Kier molecular flexibility index (Phi) is 5.52. The van der Waals surface area contributed by atoms with Gasteiger partial charge in [0.15, 0.2) is 0 Å². The zero-order valence-corrected chi connectivity index (χ0v) is 15.7. The van der Waals surface area contributed by atoms with Gasteiger partial charge in [0.05, 0.1) is 11.4 Å². The van der Waals surface area contributed by atoms with Gasteiger partial charge in [-0.05, 0) is 44.3 Å². The van der Waals surface area contributed by atoms with Crippen LogP contribution in [0.4, 0.5) is 0 Å². The first-order chi connectivity index (χ1) is 12.5. The number of hydrogen-bond donors (Lipinski definition) is 1. The van der Waals surface area contributed by atoms with Gasteiger partial charge < -0.3 is 15.1 Å². The number of pyridine rings is 1. The predicted octanol–water partition coefficient (Wildman–Crippen LogP) is 1.57. The molecule has 26 heavy (non-hydrogen) atoms. The first-order valence-corrected chi connectivity index (χ1v) is 8.99. The Hall–Kier alpha value is -2.47. The second-order valence-corrected chi connectivity index (χ2v) is 7.19. The van der Waals surface area contributed by atoms with Gasteiger partial charge in [0.1, 0.15) is 0 Å². The molecule has 2 heterocycles. The van der Waals surface area contributed by atoms with Crippen LogP contribution in [0.5, 0.6) is 0 Å². The van der Waals surface area contributed by atoms with Crippen molar-refractivity contribution < 1.29 is 9.59 Å². The largest absolute Gasteiger partial charge is 0.352 e. The first kappa shape index (κ1) is 18.3. The van der Waals surface area contributed by atoms with Gasteiger partial charge in [0.2, 0.25) is 11.8 Å². The molecule has 1 aliphatic rings. The summed E-state index contributed by atoms with van der Waals surface area (Å²) in [5.74, 6) is -0.249. The molecule has 0 bridgehead atoms. The van der Waals surface area contributed by atoms with Crippen LogP contribution in [0.1, 0.15) is 17.5 Å². The molecule has 2 aromatic rings. The average molecular weight is 354 g/mol. The highest BCUT2D eigenvalue weighted by molar-refractivity contribution is 5.90. The Morgan fingerprint density at radius 2 is 2.15 bits per heavy atom. The van der Waals surface area contributed by atoms with E-state index >= 15 is 0 Å². The highest BCUT2D eigenvalue weighted by Gasteiger charge is 2.33. The smallest absolute Gasteiger partial charge is 0.225 e. The van der Waals surface area contributed by atoms with Gasteiger partial charge in [-0.2, -0.15) is 0 Å². The van der Waals surface area contributed by atoms with Crippen molar-refractivity contribution in [2.75, 3.05) is 33.7 Å². The van der Waals surface area contributed by atoms with Crippen LogP contribution in [0, 0.1) is 12.8 Å². The second-order valence-electron chi connectivity index (χ2n) is 7.19. The van der Waals surface area contributed by atoms with E-state index in [4.69, 9.17) is 0 Å². The number of benzene rings is 1. The Morgan fingerprint density at radius 1 is 1.35 bits per heavy atom. The highest BCUT2D eigenvalue weighted by atomic mass is 16.2. The van der Waals surface area contributed by atoms with E-state index in [9.17, 15) is 9.59 Å². The molecule has 1 saturated heterocycles. The number of carbonyl (C=O) groups is 2. The van der Waals surface area contributed by atoms with Crippen LogP contribution >= 0.6 is 0 Å². The number of nitrogens with zero attached hydrogens (tertiary/aromatic N) is 3. The van der Waals surface area contributed by atoms with Crippen molar-refractivity contribution in [3.63, 3.8) is 0 Å². The van der Waals surface area contributed by atoms with Gasteiger partial charge in [-0.3, -0.25) is 14.6 Å². The standard InChI is InChI=1S/C20H26N4O2/c1-14-6-7-18-16(5-4-8-21-18)17(14)12-22-20(26)15-11-19(25)24(13-15)10-9-23(2)3/h4-8,15H,9-13H2,1-3H3,(H,22,26)/t15-/m1/s1. The molecule has 6 heteroatoms. The van der Waals surface area contributed by atoms with E-state index < -0.39 is 0 Å². The third-order valence-electron chi connectivity index (χ3n) is 4.97. The SMILES string of the molecule is Cc1ccc2ncccc2c1CNC(=O)[C@@H]1CC(=O)N(CCN(C)C)C1. The number of likely N-dealkylation sites (N-methyl/N-ethyl adjacent to an activating group) is 1. The van der Waals surface area contributed by atoms with Gasteiger partial charge in [-0.25, -0.2) is 0 Å². The molecule has 1 N–H and O–H groups in total. The van der Waals surface area contributed by atoms with Crippen molar-refractivity contribution in [3.8, 4) is 0 Å². The summed E-state index contributed by atoms with van der Waals surface area (Å²) in [4.78, 5) is 32.9. The third kappa shape index (κ3) is 4.02. The Balaban J connectivity index is 1.63. The van der Waals surface area contributed by atoms with Crippen LogP contribution < -0.4 is 5.32 Å². The molecule has 1 aromatic heterocycles. The second kappa shape index (κ2) is 7.83. The molecule has 3 rings (SSSR count). The maximum absolute atomic E-state index is 12.6. The number of likely N-dealkylation sites (tertiary alicyclic amines) is 1. The fourth-order valence-electron chi connectivity index (χ4n) is 3.36. The number of rotatable bonds is 6. The fraction of sp³-hybridized carbons (Fsp3) is 0.450. The summed E-state index contributed by atoms with van der Waals surface area (Å²) in [6, 6.07) is 7.96. The lowest BCUT2D eigenvalue weighted by Gasteiger charge is -2.19. The molecule has 1 atom stereocenters. The molecule has 1 aromatic carbocycles. The van der Waals surface area contributed by atoms with Crippen LogP contribution in [0.2, 0.25) is 0 Å². The molecule has 2 amide bonds. The third-order valence-corrected chi connectivity index (χ3v) is 4.97. The summed E-state index contributed by atoms with van der Waals surface area (Å²) >= 11 is 0. The summed E-state index contributed by atoms with van der Waals surface area (Å²) in [6.45, 7) is 4.48. The number of carbonyl (C=O) groups excluding carboxylic acids is 2. The molecule has 0 aliphatic carbocycles. The van der Waals surface area contributed by atoms with Crippen LogP contribution in [0.3, 0.4) is 0 Å². The van der Waals surface area contributed by atoms with E-state index in [1.54, 1.807) is 11.1 Å². The highest BCUT2D eigenvalue weighted by Crippen LogP contribution is 2.22. The minimum Gasteiger partial charge on any atom is -0.352 e. The molecule has 0 spiro atoms. The van der Waals surface area contributed by atoms with E-state index in [0.29, 0.717) is 26.1 Å². The van der Waals surface area contributed by atoms with Crippen molar-refractivity contribution in [1.82, 2.24) is 20.1 Å². The predicted molar refractivity (Wildman–Crippen MR) is 102 cm³/mol. The van der Waals surface area contributed by atoms with Gasteiger partial charge in [-0.1, -0.05) is 12.1 Å². The summed E-state index contributed by atoms with van der Waals surface area (Å²) in [5, 5.41) is 4.08. The van der Waals surface area contributed by atoms with Gasteiger partial charge in [0.25, 0.3) is 0 Å². The molecule has 0 radical (unpaired) electrons. The number of fused-ring (bicyclic) bond motifs is 1. The Morgan fingerprint density at radius 3 is 2.92 bits per heavy atom.